The van der Waals surface area contributed by atoms with Gasteiger partial charge in [0, 0.05) is 16.3 Å². The van der Waals surface area contributed by atoms with E-state index >= 15 is 0 Å². The summed E-state index contributed by atoms with van der Waals surface area (Å²) in [6, 6.07) is 4.36. The van der Waals surface area contributed by atoms with Gasteiger partial charge in [-0.3, -0.25) is 0 Å². The van der Waals surface area contributed by atoms with Crippen LogP contribution >= 0.6 is 11.3 Å². The molecule has 1 nitrogen and oxygen atoms in total. The second-order valence-electron chi connectivity index (χ2n) is 2.74. The lowest BCUT2D eigenvalue weighted by atomic mass is 10.2. The summed E-state index contributed by atoms with van der Waals surface area (Å²) in [6.45, 7) is 4.92. The fourth-order valence-electron chi connectivity index (χ4n) is 1.06. The topological polar surface area (TPSA) is 26.0 Å². The van der Waals surface area contributed by atoms with E-state index in [1.807, 2.05) is 11.3 Å². The number of rotatable bonds is 3. The highest BCUT2D eigenvalue weighted by atomic mass is 32.1. The number of allylic oxidation sites excluding steroid dienone is 1. The van der Waals surface area contributed by atoms with Crippen LogP contribution in [0, 0.1) is 0 Å². The summed E-state index contributed by atoms with van der Waals surface area (Å²) >= 11 is 1.86. The first-order valence-electron chi connectivity index (χ1n) is 4.23. The maximum atomic E-state index is 5.43. The van der Waals surface area contributed by atoms with Crippen LogP contribution in [-0.2, 0) is 6.42 Å². The zero-order valence-corrected chi connectivity index (χ0v) is 8.45. The molecule has 2 N–H and O–H groups in total. The molecule has 1 rings (SSSR count). The van der Waals surface area contributed by atoms with Crippen molar-refractivity contribution in [2.24, 2.45) is 5.73 Å². The summed E-state index contributed by atoms with van der Waals surface area (Å²) in [5.41, 5.74) is 6.73. The van der Waals surface area contributed by atoms with Crippen LogP contribution in [0.5, 0.6) is 0 Å². The quantitative estimate of drug-likeness (QED) is 0.762. The second-order valence-corrected chi connectivity index (χ2v) is 3.91. The van der Waals surface area contributed by atoms with E-state index in [0.717, 1.165) is 6.42 Å². The molecule has 1 heterocycles. The first-order valence-corrected chi connectivity index (χ1v) is 5.05. The van der Waals surface area contributed by atoms with E-state index in [4.69, 9.17) is 5.73 Å². The Bertz CT molecular complexity index is 273. The zero-order chi connectivity index (χ0) is 8.97. The summed E-state index contributed by atoms with van der Waals surface area (Å²) in [7, 11) is 0. The molecule has 0 fully saturated rings. The Balaban J connectivity index is 2.81. The van der Waals surface area contributed by atoms with Gasteiger partial charge in [-0.15, -0.1) is 11.3 Å². The third kappa shape index (κ3) is 2.19. The molecule has 0 saturated heterocycles. The average molecular weight is 181 g/mol. The Morgan fingerprint density at radius 1 is 1.58 bits per heavy atom. The Morgan fingerprint density at radius 2 is 2.33 bits per heavy atom. The van der Waals surface area contributed by atoms with Gasteiger partial charge in [-0.25, -0.2) is 0 Å². The van der Waals surface area contributed by atoms with Crippen molar-refractivity contribution in [2.75, 3.05) is 6.54 Å². The van der Waals surface area contributed by atoms with Crippen molar-refractivity contribution in [3.05, 3.63) is 28.0 Å². The molecule has 12 heavy (non-hydrogen) atoms. The predicted octanol–water partition coefficient (Wildman–Crippen LogP) is 2.67. The first kappa shape index (κ1) is 9.49. The molecule has 0 bridgehead atoms. The Morgan fingerprint density at radius 3 is 2.83 bits per heavy atom. The molecule has 0 spiro atoms. The minimum absolute atomic E-state index is 0.630. The van der Waals surface area contributed by atoms with Gasteiger partial charge in [0.05, 0.1) is 0 Å². The average Bonchev–Trinajstić information content (AvgIpc) is 2.52. The molecule has 66 valence electrons. The molecule has 1 aromatic rings. The fourth-order valence-corrected chi connectivity index (χ4v) is 2.00. The molecule has 0 unspecified atom stereocenters. The van der Waals surface area contributed by atoms with Crippen LogP contribution in [0.1, 0.15) is 23.6 Å². The van der Waals surface area contributed by atoms with Crippen molar-refractivity contribution < 1.29 is 0 Å². The van der Waals surface area contributed by atoms with Crippen molar-refractivity contribution in [3.8, 4) is 0 Å². The number of nitrogens with two attached hydrogens (primary N) is 1. The second kappa shape index (κ2) is 4.43. The van der Waals surface area contributed by atoms with Crippen LogP contribution in [0.15, 0.2) is 18.2 Å². The Kier molecular flexibility index (Phi) is 3.50. The molecule has 2 heteroatoms. The van der Waals surface area contributed by atoms with Gasteiger partial charge in [-0.05, 0) is 31.1 Å². The highest BCUT2D eigenvalue weighted by molar-refractivity contribution is 7.13. The van der Waals surface area contributed by atoms with Gasteiger partial charge in [0.15, 0.2) is 0 Å². The third-order valence-electron chi connectivity index (χ3n) is 1.82. The lowest BCUT2D eigenvalue weighted by molar-refractivity contribution is 1.19. The largest absolute Gasteiger partial charge is 0.327 e. The molecule has 0 aliphatic heterocycles. The van der Waals surface area contributed by atoms with Crippen LogP contribution in [0.25, 0.3) is 5.57 Å². The maximum absolute atomic E-state index is 5.43. The van der Waals surface area contributed by atoms with Gasteiger partial charge in [-0.2, -0.15) is 0 Å². The highest BCUT2D eigenvalue weighted by Gasteiger charge is 1.98. The molecule has 0 aliphatic carbocycles. The minimum Gasteiger partial charge on any atom is -0.327 e. The Hall–Kier alpha value is -0.600. The highest BCUT2D eigenvalue weighted by Crippen LogP contribution is 2.23. The Labute approximate surface area is 77.9 Å². The van der Waals surface area contributed by atoms with Crippen molar-refractivity contribution in [2.45, 2.75) is 20.3 Å². The smallest absolute Gasteiger partial charge is 0.0299 e. The molecular formula is C10H15NS. The normalized spacial score (nSPS) is 12.1. The van der Waals surface area contributed by atoms with Crippen LogP contribution in [0.4, 0.5) is 0 Å². The predicted molar refractivity (Wildman–Crippen MR) is 56.4 cm³/mol. The van der Waals surface area contributed by atoms with Crippen molar-refractivity contribution in [1.82, 2.24) is 0 Å². The van der Waals surface area contributed by atoms with Crippen molar-refractivity contribution >= 4 is 16.9 Å². The summed E-state index contributed by atoms with van der Waals surface area (Å²) in [5.74, 6) is 0. The molecule has 1 aromatic heterocycles. The number of aryl methyl sites for hydroxylation is 1. The van der Waals surface area contributed by atoms with Crippen LogP contribution in [0.2, 0.25) is 0 Å². The minimum atomic E-state index is 0.630. The molecule has 0 amide bonds. The van der Waals surface area contributed by atoms with E-state index in [1.54, 1.807) is 0 Å². The van der Waals surface area contributed by atoms with E-state index in [-0.39, 0.29) is 0 Å². The fraction of sp³-hybridized carbons (Fsp3) is 0.400. The molecule has 0 radical (unpaired) electrons. The van der Waals surface area contributed by atoms with E-state index in [1.165, 1.54) is 15.3 Å². The van der Waals surface area contributed by atoms with Crippen molar-refractivity contribution in [3.63, 3.8) is 0 Å². The molecule has 0 saturated carbocycles. The third-order valence-corrected chi connectivity index (χ3v) is 3.19. The van der Waals surface area contributed by atoms with Gasteiger partial charge in [0.2, 0.25) is 0 Å². The number of hydrogen-bond donors (Lipinski definition) is 1. The van der Waals surface area contributed by atoms with Crippen molar-refractivity contribution in [1.29, 1.82) is 0 Å². The first-order chi connectivity index (χ1) is 5.77. The van der Waals surface area contributed by atoms with Gasteiger partial charge in [0.25, 0.3) is 0 Å². The number of hydrogen-bond acceptors (Lipinski definition) is 2. The van der Waals surface area contributed by atoms with Gasteiger partial charge in [-0.1, -0.05) is 13.0 Å². The van der Waals surface area contributed by atoms with Crippen LogP contribution in [0.3, 0.4) is 0 Å². The summed E-state index contributed by atoms with van der Waals surface area (Å²) < 4.78 is 0. The van der Waals surface area contributed by atoms with Gasteiger partial charge < -0.3 is 5.73 Å². The molecule has 0 atom stereocenters. The van der Waals surface area contributed by atoms with E-state index in [9.17, 15) is 0 Å². The lowest BCUT2D eigenvalue weighted by Gasteiger charge is -1.94. The molecule has 0 aliphatic rings. The zero-order valence-electron chi connectivity index (χ0n) is 7.63. The summed E-state index contributed by atoms with van der Waals surface area (Å²) in [5, 5.41) is 0. The lowest BCUT2D eigenvalue weighted by Crippen LogP contribution is -1.93. The standard InChI is InChI=1S/C10H15NS/c1-3-9-4-5-10(12-9)8(2)6-7-11/h4-6H,3,7,11H2,1-2H3. The van der Waals surface area contributed by atoms with Crippen LogP contribution < -0.4 is 5.73 Å². The van der Waals surface area contributed by atoms with E-state index in [2.05, 4.69) is 32.1 Å². The molecule has 0 aromatic carbocycles. The monoisotopic (exact) mass is 181 g/mol. The van der Waals surface area contributed by atoms with E-state index in [0.29, 0.717) is 6.54 Å². The maximum Gasteiger partial charge on any atom is 0.0299 e. The summed E-state index contributed by atoms with van der Waals surface area (Å²) in [4.78, 5) is 2.78. The van der Waals surface area contributed by atoms with E-state index < -0.39 is 0 Å². The summed E-state index contributed by atoms with van der Waals surface area (Å²) in [6.07, 6.45) is 3.19. The SMILES string of the molecule is CCc1ccc(C(C)=CCN)s1. The molecular weight excluding hydrogens is 166 g/mol. The van der Waals surface area contributed by atoms with Gasteiger partial charge in [0.1, 0.15) is 0 Å². The number of thiophene rings is 1. The van der Waals surface area contributed by atoms with Gasteiger partial charge >= 0.3 is 0 Å². The van der Waals surface area contributed by atoms with Crippen LogP contribution in [-0.4, -0.2) is 6.54 Å².